The average molecular weight is 520 g/mol. The maximum Gasteiger partial charge on any atom is 0.298 e. The van der Waals surface area contributed by atoms with E-state index in [1.807, 2.05) is 65.4 Å². The van der Waals surface area contributed by atoms with Crippen LogP contribution in [0.1, 0.15) is 35.1 Å². The van der Waals surface area contributed by atoms with Crippen LogP contribution in [0.5, 0.6) is 0 Å². The molecule has 39 heavy (non-hydrogen) atoms. The highest BCUT2D eigenvalue weighted by molar-refractivity contribution is 6.47. The van der Waals surface area contributed by atoms with Crippen molar-refractivity contribution in [3.8, 4) is 11.1 Å². The van der Waals surface area contributed by atoms with Crippen molar-refractivity contribution >= 4 is 28.9 Å². The summed E-state index contributed by atoms with van der Waals surface area (Å²) in [7, 11) is 0. The number of pyridine rings is 1. The third-order valence-corrected chi connectivity index (χ3v) is 7.82. The van der Waals surface area contributed by atoms with Crippen LogP contribution in [-0.2, 0) is 24.2 Å². The van der Waals surface area contributed by atoms with Gasteiger partial charge in [0.2, 0.25) is 0 Å². The molecule has 1 amide bonds. The molecule has 7 nitrogen and oxygen atoms in total. The second-order valence-corrected chi connectivity index (χ2v) is 10.2. The number of aromatic nitrogens is 2. The van der Waals surface area contributed by atoms with Gasteiger partial charge in [-0.1, -0.05) is 37.3 Å². The minimum atomic E-state index is -0.608. The predicted octanol–water partition coefficient (Wildman–Crippen LogP) is 5.21. The molecule has 6 rings (SSSR count). The van der Waals surface area contributed by atoms with E-state index in [1.54, 1.807) is 0 Å². The molecule has 1 N–H and O–H groups in total. The Balaban J connectivity index is 1.11. The van der Waals surface area contributed by atoms with Gasteiger partial charge in [-0.05, 0) is 72.9 Å². The van der Waals surface area contributed by atoms with E-state index in [4.69, 9.17) is 0 Å². The van der Waals surface area contributed by atoms with Gasteiger partial charge in [0.05, 0.1) is 0 Å². The van der Waals surface area contributed by atoms with Crippen LogP contribution in [0.15, 0.2) is 79.0 Å². The molecule has 0 atom stereocenters. The van der Waals surface area contributed by atoms with Gasteiger partial charge < -0.3 is 19.7 Å². The highest BCUT2D eigenvalue weighted by atomic mass is 16.2. The lowest BCUT2D eigenvalue weighted by Crippen LogP contribution is -2.46. The van der Waals surface area contributed by atoms with Crippen LogP contribution in [0.3, 0.4) is 0 Å². The first-order valence-electron chi connectivity index (χ1n) is 13.8. The summed E-state index contributed by atoms with van der Waals surface area (Å²) >= 11 is 0. The molecule has 4 aromatic rings. The summed E-state index contributed by atoms with van der Waals surface area (Å²) in [4.78, 5) is 35.7. The average Bonchev–Trinajstić information content (AvgIpc) is 3.60. The van der Waals surface area contributed by atoms with E-state index in [-0.39, 0.29) is 0 Å². The summed E-state index contributed by atoms with van der Waals surface area (Å²) in [5.74, 6) is -0.0631. The Morgan fingerprint density at radius 2 is 1.62 bits per heavy atom. The maximum absolute atomic E-state index is 13.4. The summed E-state index contributed by atoms with van der Waals surface area (Å²) in [6, 6.07) is 23.9. The zero-order valence-electron chi connectivity index (χ0n) is 22.3. The number of Topliss-reactive ketones (excluding diaryl/α,β-unsaturated/α-hetero) is 1. The quantitative estimate of drug-likeness (QED) is 0.268. The monoisotopic (exact) mass is 519 g/mol. The van der Waals surface area contributed by atoms with Gasteiger partial charge in [-0.3, -0.25) is 9.59 Å². The summed E-state index contributed by atoms with van der Waals surface area (Å²) < 4.78 is 2.01. The van der Waals surface area contributed by atoms with Crippen LogP contribution in [-0.4, -0.2) is 47.4 Å². The van der Waals surface area contributed by atoms with Crippen molar-refractivity contribution in [1.29, 1.82) is 0 Å². The van der Waals surface area contributed by atoms with Gasteiger partial charge in [0.1, 0.15) is 11.5 Å². The number of anilines is 3. The first-order valence-corrected chi connectivity index (χ1v) is 13.8. The highest BCUT2D eigenvalue weighted by Crippen LogP contribution is 2.32. The van der Waals surface area contributed by atoms with Crippen molar-refractivity contribution in [3.05, 3.63) is 95.9 Å². The largest absolute Gasteiger partial charge is 0.368 e. The number of rotatable bonds is 7. The Morgan fingerprint density at radius 3 is 2.36 bits per heavy atom. The molecule has 0 aliphatic carbocycles. The van der Waals surface area contributed by atoms with Gasteiger partial charge in [-0.2, -0.15) is 0 Å². The summed E-state index contributed by atoms with van der Waals surface area (Å²) in [6.07, 6.45) is 4.81. The van der Waals surface area contributed by atoms with Crippen LogP contribution >= 0.6 is 0 Å². The number of aryl methyl sites for hydroxylation is 2. The number of piperazine rings is 1. The topological polar surface area (TPSA) is 70.5 Å². The third-order valence-electron chi connectivity index (χ3n) is 7.82. The number of nitrogens with one attached hydrogen (secondary N) is 1. The first kappa shape index (κ1) is 24.9. The molecule has 0 unspecified atom stereocenters. The van der Waals surface area contributed by atoms with Gasteiger partial charge in [0.15, 0.2) is 0 Å². The van der Waals surface area contributed by atoms with Crippen LogP contribution in [0.25, 0.3) is 11.1 Å². The summed E-state index contributed by atoms with van der Waals surface area (Å²) in [5, 5.41) is 2.83. The van der Waals surface area contributed by atoms with E-state index >= 15 is 0 Å². The van der Waals surface area contributed by atoms with Crippen molar-refractivity contribution in [2.24, 2.45) is 0 Å². The molecular formula is C32H33N5O2. The van der Waals surface area contributed by atoms with Crippen LogP contribution < -0.4 is 15.1 Å². The van der Waals surface area contributed by atoms with Gasteiger partial charge >= 0.3 is 0 Å². The third kappa shape index (κ3) is 5.04. The number of carbonyl (C=O) groups is 2. The normalized spacial score (nSPS) is 14.8. The number of benzene rings is 2. The van der Waals surface area contributed by atoms with E-state index in [0.29, 0.717) is 11.4 Å². The van der Waals surface area contributed by atoms with Crippen LogP contribution in [0.4, 0.5) is 17.2 Å². The van der Waals surface area contributed by atoms with Crippen molar-refractivity contribution in [3.63, 3.8) is 0 Å². The number of hydrogen-bond acceptors (Lipinski definition) is 5. The van der Waals surface area contributed by atoms with E-state index in [0.717, 1.165) is 80.3 Å². The molecule has 0 saturated carbocycles. The predicted molar refractivity (Wildman–Crippen MR) is 156 cm³/mol. The smallest absolute Gasteiger partial charge is 0.298 e. The number of hydrogen-bond donors (Lipinski definition) is 1. The van der Waals surface area contributed by atoms with E-state index in [1.165, 1.54) is 5.56 Å². The van der Waals surface area contributed by atoms with Crippen LogP contribution in [0.2, 0.25) is 0 Å². The van der Waals surface area contributed by atoms with Crippen molar-refractivity contribution in [2.45, 2.75) is 32.7 Å². The molecule has 1 fully saturated rings. The number of amides is 1. The molecule has 0 radical (unpaired) electrons. The van der Waals surface area contributed by atoms with Gasteiger partial charge in [-0.25, -0.2) is 4.98 Å². The van der Waals surface area contributed by atoms with E-state index < -0.39 is 11.7 Å². The van der Waals surface area contributed by atoms with E-state index in [9.17, 15) is 9.59 Å². The minimum Gasteiger partial charge on any atom is -0.368 e. The zero-order valence-corrected chi connectivity index (χ0v) is 22.3. The lowest BCUT2D eigenvalue weighted by molar-refractivity contribution is -0.112. The Labute approximate surface area is 229 Å². The molecule has 7 heteroatoms. The molecule has 1 saturated heterocycles. The maximum atomic E-state index is 13.4. The molecule has 2 aliphatic heterocycles. The van der Waals surface area contributed by atoms with Gasteiger partial charge in [0.25, 0.3) is 11.7 Å². The van der Waals surface area contributed by atoms with Crippen molar-refractivity contribution < 1.29 is 9.59 Å². The first-order chi connectivity index (χ1) is 19.1. The lowest BCUT2D eigenvalue weighted by atomic mass is 10.0. The molecule has 0 bridgehead atoms. The fourth-order valence-corrected chi connectivity index (χ4v) is 5.66. The van der Waals surface area contributed by atoms with Crippen molar-refractivity contribution in [2.75, 3.05) is 41.3 Å². The molecule has 0 spiro atoms. The fraction of sp³-hybridized carbons (Fsp3) is 0.281. The lowest BCUT2D eigenvalue weighted by Gasteiger charge is -2.37. The Kier molecular flexibility index (Phi) is 6.88. The van der Waals surface area contributed by atoms with Gasteiger partial charge in [0, 0.05) is 61.6 Å². The van der Waals surface area contributed by atoms with Gasteiger partial charge in [-0.15, -0.1) is 0 Å². The van der Waals surface area contributed by atoms with Crippen molar-refractivity contribution in [1.82, 2.24) is 9.55 Å². The fourth-order valence-electron chi connectivity index (χ4n) is 5.66. The Bertz CT molecular complexity index is 1480. The van der Waals surface area contributed by atoms with E-state index in [2.05, 4.69) is 45.2 Å². The minimum absolute atomic E-state index is 0.486. The number of nitrogens with zero attached hydrogens (tertiary/aromatic N) is 4. The number of fused-ring (bicyclic) bond motifs is 1. The summed E-state index contributed by atoms with van der Waals surface area (Å²) in [6.45, 7) is 6.51. The Morgan fingerprint density at radius 1 is 0.872 bits per heavy atom. The molecule has 2 aliphatic rings. The number of ketones is 1. The van der Waals surface area contributed by atoms with Crippen LogP contribution in [0, 0.1) is 0 Å². The molecular weight excluding hydrogens is 486 g/mol. The second kappa shape index (κ2) is 10.8. The second-order valence-electron chi connectivity index (χ2n) is 10.2. The SMILES string of the molecule is CCc1ccnc(N2CCN(c3ccc(NC(=O)C(=O)c4c(-c5ccccc5)cc5n4CCC5)cc3)CC2)c1. The molecule has 2 aromatic heterocycles. The highest BCUT2D eigenvalue weighted by Gasteiger charge is 2.29. The molecule has 4 heterocycles. The standard InChI is InChI=1S/C32H33N5O2/c1-2-23-14-15-33-29(21-23)36-19-17-35(18-20-36)26-12-10-25(11-13-26)34-32(39)31(38)30-28(24-7-4-3-5-8-24)22-27-9-6-16-37(27)30/h3-5,7-8,10-15,21-22H,2,6,9,16-20H2,1H3,(H,34,39). The zero-order chi connectivity index (χ0) is 26.8. The number of carbonyl (C=O) groups excluding carboxylic acids is 2. The molecule has 198 valence electrons. The molecule has 2 aromatic carbocycles. The summed E-state index contributed by atoms with van der Waals surface area (Å²) in [5.41, 5.74) is 6.40. The Hall–Kier alpha value is -4.39.